The minimum atomic E-state index is -0.229. The van der Waals surface area contributed by atoms with Crippen LogP contribution in [0.25, 0.3) is 0 Å². The maximum Gasteiger partial charge on any atom is 0.0500 e. The van der Waals surface area contributed by atoms with Crippen molar-refractivity contribution in [2.24, 2.45) is 5.41 Å². The molecule has 2 rings (SSSR count). The van der Waals surface area contributed by atoms with E-state index in [4.69, 9.17) is 11.6 Å². The van der Waals surface area contributed by atoms with Gasteiger partial charge in [-0.25, -0.2) is 0 Å². The lowest BCUT2D eigenvalue weighted by Gasteiger charge is -2.44. The van der Waals surface area contributed by atoms with Crippen LogP contribution < -0.4 is 5.32 Å². The molecule has 0 amide bonds. The number of nitrogens with one attached hydrogen (secondary N) is 1. The molecule has 1 aromatic carbocycles. The first-order chi connectivity index (χ1) is 9.47. The molecule has 1 heterocycles. The van der Waals surface area contributed by atoms with E-state index in [9.17, 15) is 5.11 Å². The van der Waals surface area contributed by atoms with Crippen LogP contribution in [0, 0.1) is 12.3 Å². The van der Waals surface area contributed by atoms with Crippen molar-refractivity contribution < 1.29 is 5.11 Å². The van der Waals surface area contributed by atoms with Gasteiger partial charge in [0, 0.05) is 49.3 Å². The number of aliphatic hydroxyl groups is 1. The van der Waals surface area contributed by atoms with Gasteiger partial charge in [-0.2, -0.15) is 0 Å². The third kappa shape index (κ3) is 4.11. The lowest BCUT2D eigenvalue weighted by atomic mass is 9.78. The average molecular weight is 333 g/mol. The van der Waals surface area contributed by atoms with Gasteiger partial charge >= 0.3 is 0 Å². The van der Waals surface area contributed by atoms with Crippen molar-refractivity contribution in [1.29, 1.82) is 0 Å². The number of aryl methyl sites for hydroxylation is 1. The van der Waals surface area contributed by atoms with Crippen molar-refractivity contribution in [3.05, 3.63) is 34.3 Å². The van der Waals surface area contributed by atoms with Gasteiger partial charge in [-0.3, -0.25) is 4.90 Å². The van der Waals surface area contributed by atoms with E-state index in [1.165, 1.54) is 5.56 Å². The van der Waals surface area contributed by atoms with Crippen LogP contribution in [0.15, 0.2) is 18.2 Å². The number of piperazine rings is 1. The van der Waals surface area contributed by atoms with Gasteiger partial charge in [-0.1, -0.05) is 37.6 Å². The summed E-state index contributed by atoms with van der Waals surface area (Å²) in [5.74, 6) is 0. The molecule has 0 spiro atoms. The van der Waals surface area contributed by atoms with E-state index in [1.807, 2.05) is 12.1 Å². The number of benzene rings is 1. The molecule has 0 unspecified atom stereocenters. The Morgan fingerprint density at radius 3 is 2.48 bits per heavy atom. The second kappa shape index (κ2) is 7.80. The lowest BCUT2D eigenvalue weighted by Crippen LogP contribution is -2.49. The molecule has 0 aromatic heterocycles. The number of rotatable bonds is 4. The highest BCUT2D eigenvalue weighted by Crippen LogP contribution is 2.42. The zero-order valence-corrected chi connectivity index (χ0v) is 14.6. The smallest absolute Gasteiger partial charge is 0.0500 e. The summed E-state index contributed by atoms with van der Waals surface area (Å²) < 4.78 is 0. The molecule has 3 nitrogen and oxygen atoms in total. The van der Waals surface area contributed by atoms with Gasteiger partial charge in [0.15, 0.2) is 0 Å². The Morgan fingerprint density at radius 2 is 1.95 bits per heavy atom. The Bertz CT molecular complexity index is 439. The highest BCUT2D eigenvalue weighted by Gasteiger charge is 2.37. The summed E-state index contributed by atoms with van der Waals surface area (Å²) >= 11 is 6.48. The molecule has 0 bridgehead atoms. The van der Waals surface area contributed by atoms with Gasteiger partial charge in [0.1, 0.15) is 0 Å². The minimum absolute atomic E-state index is 0. The van der Waals surface area contributed by atoms with Crippen molar-refractivity contribution in [2.75, 3.05) is 32.8 Å². The largest absolute Gasteiger partial charge is 0.396 e. The van der Waals surface area contributed by atoms with E-state index < -0.39 is 0 Å². The first-order valence-electron chi connectivity index (χ1n) is 7.28. The van der Waals surface area contributed by atoms with Gasteiger partial charge < -0.3 is 10.4 Å². The SMILES string of the molecule is Cc1cccc(Cl)c1[C@H](N1CCNCC1)C(C)(C)CO.Cl. The van der Waals surface area contributed by atoms with Gasteiger partial charge in [-0.05, 0) is 24.1 Å². The monoisotopic (exact) mass is 332 g/mol. The number of nitrogens with zero attached hydrogens (tertiary/aromatic N) is 1. The van der Waals surface area contributed by atoms with Crippen LogP contribution in [-0.4, -0.2) is 42.8 Å². The van der Waals surface area contributed by atoms with Crippen molar-refractivity contribution >= 4 is 24.0 Å². The van der Waals surface area contributed by atoms with Crippen LogP contribution >= 0.6 is 24.0 Å². The normalized spacial score (nSPS) is 18.1. The zero-order chi connectivity index (χ0) is 14.8. The molecule has 0 aliphatic carbocycles. The number of aliphatic hydroxyl groups excluding tert-OH is 1. The van der Waals surface area contributed by atoms with Crippen LogP contribution in [-0.2, 0) is 0 Å². The summed E-state index contributed by atoms with van der Waals surface area (Å²) in [6, 6.07) is 6.18. The Balaban J connectivity index is 0.00000220. The Morgan fingerprint density at radius 1 is 1.33 bits per heavy atom. The van der Waals surface area contributed by atoms with Crippen molar-refractivity contribution in [3.8, 4) is 0 Å². The molecule has 1 atom stereocenters. The fourth-order valence-corrected chi connectivity index (χ4v) is 3.41. The molecule has 0 radical (unpaired) electrons. The summed E-state index contributed by atoms with van der Waals surface area (Å²) in [6.45, 7) is 10.4. The molecule has 2 N–H and O–H groups in total. The molecule has 5 heteroatoms. The van der Waals surface area contributed by atoms with E-state index in [-0.39, 0.29) is 30.5 Å². The second-order valence-electron chi connectivity index (χ2n) is 6.31. The highest BCUT2D eigenvalue weighted by atomic mass is 35.5. The van der Waals surface area contributed by atoms with E-state index in [0.717, 1.165) is 36.8 Å². The van der Waals surface area contributed by atoms with E-state index in [2.05, 4.69) is 37.1 Å². The van der Waals surface area contributed by atoms with Crippen molar-refractivity contribution in [3.63, 3.8) is 0 Å². The number of hydrogen-bond donors (Lipinski definition) is 2. The first kappa shape index (κ1) is 18.7. The third-order valence-corrected chi connectivity index (χ3v) is 4.54. The number of hydrogen-bond acceptors (Lipinski definition) is 3. The summed E-state index contributed by atoms with van der Waals surface area (Å²) in [5.41, 5.74) is 2.13. The first-order valence-corrected chi connectivity index (χ1v) is 7.66. The van der Waals surface area contributed by atoms with Crippen LogP contribution in [0.2, 0.25) is 5.02 Å². The van der Waals surface area contributed by atoms with Crippen LogP contribution in [0.4, 0.5) is 0 Å². The van der Waals surface area contributed by atoms with Crippen molar-refractivity contribution in [1.82, 2.24) is 10.2 Å². The molecular weight excluding hydrogens is 307 g/mol. The summed E-state index contributed by atoms with van der Waals surface area (Å²) in [7, 11) is 0. The molecule has 1 aliphatic heterocycles. The standard InChI is InChI=1S/C16H25ClN2O.ClH/c1-12-5-4-6-13(17)14(12)15(16(2,3)11-20)19-9-7-18-8-10-19;/h4-6,15,18,20H,7-11H2,1-3H3;1H/t15-;/m0./s1. The van der Waals surface area contributed by atoms with Gasteiger partial charge in [0.25, 0.3) is 0 Å². The van der Waals surface area contributed by atoms with Crippen molar-refractivity contribution in [2.45, 2.75) is 26.8 Å². The average Bonchev–Trinajstić information content (AvgIpc) is 2.43. The van der Waals surface area contributed by atoms with Gasteiger partial charge in [0.2, 0.25) is 0 Å². The molecule has 120 valence electrons. The second-order valence-corrected chi connectivity index (χ2v) is 6.71. The number of halogens is 2. The third-order valence-electron chi connectivity index (χ3n) is 4.21. The predicted molar refractivity (Wildman–Crippen MR) is 91.5 cm³/mol. The molecule has 1 aliphatic rings. The van der Waals surface area contributed by atoms with Crippen LogP contribution in [0.5, 0.6) is 0 Å². The minimum Gasteiger partial charge on any atom is -0.396 e. The Hall–Kier alpha value is -0.320. The van der Waals surface area contributed by atoms with E-state index >= 15 is 0 Å². The Labute approximate surface area is 139 Å². The summed E-state index contributed by atoms with van der Waals surface area (Å²) in [4.78, 5) is 2.45. The summed E-state index contributed by atoms with van der Waals surface area (Å²) in [5, 5.41) is 14.0. The fourth-order valence-electron chi connectivity index (χ4n) is 3.09. The van der Waals surface area contributed by atoms with Gasteiger partial charge in [0.05, 0.1) is 0 Å². The van der Waals surface area contributed by atoms with Crippen LogP contribution in [0.3, 0.4) is 0 Å². The van der Waals surface area contributed by atoms with Gasteiger partial charge in [-0.15, -0.1) is 12.4 Å². The summed E-state index contributed by atoms with van der Waals surface area (Å²) in [6.07, 6.45) is 0. The molecular formula is C16H26Cl2N2O. The predicted octanol–water partition coefficient (Wildman–Crippen LogP) is 3.04. The fraction of sp³-hybridized carbons (Fsp3) is 0.625. The van der Waals surface area contributed by atoms with E-state index in [1.54, 1.807) is 0 Å². The molecule has 1 fully saturated rings. The highest BCUT2D eigenvalue weighted by molar-refractivity contribution is 6.31. The maximum absolute atomic E-state index is 9.85. The zero-order valence-electron chi connectivity index (χ0n) is 13.0. The Kier molecular flexibility index (Phi) is 6.95. The molecule has 21 heavy (non-hydrogen) atoms. The molecule has 1 aromatic rings. The van der Waals surface area contributed by atoms with E-state index in [0.29, 0.717) is 0 Å². The maximum atomic E-state index is 9.85. The topological polar surface area (TPSA) is 35.5 Å². The quantitative estimate of drug-likeness (QED) is 0.889. The van der Waals surface area contributed by atoms with Crippen LogP contribution in [0.1, 0.15) is 31.0 Å². The molecule has 1 saturated heterocycles. The molecule has 0 saturated carbocycles. The lowest BCUT2D eigenvalue weighted by molar-refractivity contribution is 0.0302.